The van der Waals surface area contributed by atoms with Crippen LogP contribution in [0, 0.1) is 40.4 Å². The van der Waals surface area contributed by atoms with Crippen LogP contribution in [0.2, 0.25) is 0 Å². The first-order valence-electron chi connectivity index (χ1n) is 12.8. The second kappa shape index (κ2) is 8.95. The maximum atomic E-state index is 12.9. The Labute approximate surface area is 201 Å². The van der Waals surface area contributed by atoms with Gasteiger partial charge in [0.2, 0.25) is 0 Å². The monoisotopic (exact) mass is 476 g/mol. The minimum absolute atomic E-state index is 0. The van der Waals surface area contributed by atoms with Gasteiger partial charge in [-0.1, -0.05) is 39.5 Å². The zero-order valence-electron chi connectivity index (χ0n) is 19.6. The van der Waals surface area contributed by atoms with E-state index in [2.05, 4.69) is 13.8 Å². The number of benzene rings is 1. The van der Waals surface area contributed by atoms with Crippen molar-refractivity contribution in [3.63, 3.8) is 0 Å². The van der Waals surface area contributed by atoms with Gasteiger partial charge in [-0.2, -0.15) is 0 Å². The molecule has 0 heterocycles. The number of aliphatic hydroxyl groups excluding tert-OH is 2. The Morgan fingerprint density at radius 2 is 1.70 bits per heavy atom. The third-order valence-electron chi connectivity index (χ3n) is 10.6. The maximum absolute atomic E-state index is 12.9. The van der Waals surface area contributed by atoms with E-state index in [1.165, 1.54) is 12.8 Å². The van der Waals surface area contributed by atoms with E-state index in [-0.39, 0.29) is 36.2 Å². The minimum Gasteiger partial charge on any atom is -0.393 e. The fourth-order valence-electron chi connectivity index (χ4n) is 8.98. The van der Waals surface area contributed by atoms with Crippen LogP contribution >= 0.6 is 0 Å². The van der Waals surface area contributed by atoms with Crippen molar-refractivity contribution >= 4 is 9.84 Å². The average Bonchev–Trinajstić information content (AvgIpc) is 3.09. The van der Waals surface area contributed by atoms with Gasteiger partial charge >= 0.3 is 0 Å². The standard InChI is InChI=1S/C27H40O4S.CH4/c1-26-14-12-20(28)16-19(26)8-10-22-23-11-9-18(27(23,2)17-24(29)25(22)26)13-15-32(30,31)21-6-4-3-5-7-21;/h3-7,18-20,22-25,28-29H,8-17H2,1-2H3;1H4. The van der Waals surface area contributed by atoms with Gasteiger partial charge in [0.1, 0.15) is 0 Å². The van der Waals surface area contributed by atoms with Crippen LogP contribution in [0.3, 0.4) is 0 Å². The Hall–Kier alpha value is -0.910. The Balaban J connectivity index is 0.00000259. The van der Waals surface area contributed by atoms with Crippen molar-refractivity contribution in [2.24, 2.45) is 40.4 Å². The number of hydrogen-bond acceptors (Lipinski definition) is 4. The Kier molecular flexibility index (Phi) is 6.83. The second-order valence-electron chi connectivity index (χ2n) is 12.0. The van der Waals surface area contributed by atoms with Gasteiger partial charge in [-0.15, -0.1) is 0 Å². The molecule has 0 aromatic heterocycles. The summed E-state index contributed by atoms with van der Waals surface area (Å²) in [6, 6.07) is 8.83. The topological polar surface area (TPSA) is 74.6 Å². The lowest BCUT2D eigenvalue weighted by Gasteiger charge is -2.62. The Bertz CT molecular complexity index is 930. The predicted molar refractivity (Wildman–Crippen MR) is 132 cm³/mol. The van der Waals surface area contributed by atoms with Crippen molar-refractivity contribution in [3.8, 4) is 0 Å². The van der Waals surface area contributed by atoms with E-state index in [4.69, 9.17) is 0 Å². The van der Waals surface area contributed by atoms with Crippen LogP contribution in [0.5, 0.6) is 0 Å². The van der Waals surface area contributed by atoms with E-state index in [0.29, 0.717) is 40.9 Å². The highest BCUT2D eigenvalue weighted by Gasteiger charge is 2.62. The molecule has 4 aliphatic rings. The van der Waals surface area contributed by atoms with Gasteiger partial charge in [-0.3, -0.25) is 0 Å². The predicted octanol–water partition coefficient (Wildman–Crippen LogP) is 5.48. The highest BCUT2D eigenvalue weighted by molar-refractivity contribution is 7.91. The zero-order valence-corrected chi connectivity index (χ0v) is 20.4. The number of hydrogen-bond donors (Lipinski definition) is 2. The third-order valence-corrected chi connectivity index (χ3v) is 12.4. The van der Waals surface area contributed by atoms with E-state index in [1.807, 2.05) is 6.07 Å². The molecule has 33 heavy (non-hydrogen) atoms. The van der Waals surface area contributed by atoms with Gasteiger partial charge in [0, 0.05) is 0 Å². The molecule has 0 radical (unpaired) electrons. The summed E-state index contributed by atoms with van der Waals surface area (Å²) in [5.41, 5.74) is 0.168. The molecule has 0 spiro atoms. The van der Waals surface area contributed by atoms with Crippen LogP contribution in [0.25, 0.3) is 0 Å². The first kappa shape index (κ1) is 25.2. The zero-order chi connectivity index (χ0) is 22.7. The summed E-state index contributed by atoms with van der Waals surface area (Å²) in [7, 11) is -3.27. The van der Waals surface area contributed by atoms with Crippen LogP contribution in [0.1, 0.15) is 79.1 Å². The van der Waals surface area contributed by atoms with Gasteiger partial charge in [0.25, 0.3) is 0 Å². The summed E-state index contributed by atoms with van der Waals surface area (Å²) in [6.45, 7) is 4.74. The summed E-state index contributed by atoms with van der Waals surface area (Å²) in [6.07, 6.45) is 8.39. The van der Waals surface area contributed by atoms with Crippen molar-refractivity contribution in [2.45, 2.75) is 96.2 Å². The lowest BCUT2D eigenvalue weighted by Crippen LogP contribution is -2.59. The number of fused-ring (bicyclic) bond motifs is 5. The second-order valence-corrected chi connectivity index (χ2v) is 14.1. The van der Waals surface area contributed by atoms with Gasteiger partial charge < -0.3 is 10.2 Å². The average molecular weight is 477 g/mol. The largest absolute Gasteiger partial charge is 0.393 e. The van der Waals surface area contributed by atoms with Crippen LogP contribution in [-0.4, -0.2) is 36.6 Å². The molecule has 1 aromatic rings. The highest BCUT2D eigenvalue weighted by Crippen LogP contribution is 2.67. The minimum atomic E-state index is -3.27. The van der Waals surface area contributed by atoms with Crippen LogP contribution < -0.4 is 0 Å². The highest BCUT2D eigenvalue weighted by atomic mass is 32.2. The van der Waals surface area contributed by atoms with Gasteiger partial charge in [-0.25, -0.2) is 8.42 Å². The molecule has 4 fully saturated rings. The SMILES string of the molecule is C.CC12CC(O)C3C(CCC4CC(O)CCC43C)C1CCC2CCS(=O)(=O)c1ccccc1. The van der Waals surface area contributed by atoms with Gasteiger partial charge in [0.05, 0.1) is 22.9 Å². The molecule has 186 valence electrons. The van der Waals surface area contributed by atoms with E-state index in [1.54, 1.807) is 24.3 Å². The first-order valence-corrected chi connectivity index (χ1v) is 14.4. The van der Waals surface area contributed by atoms with Gasteiger partial charge in [0.15, 0.2) is 9.84 Å². The molecule has 0 saturated heterocycles. The Morgan fingerprint density at radius 3 is 2.42 bits per heavy atom. The summed E-state index contributed by atoms with van der Waals surface area (Å²) in [4.78, 5) is 0.425. The number of aliphatic hydroxyl groups is 2. The Morgan fingerprint density at radius 1 is 0.970 bits per heavy atom. The molecule has 9 unspecified atom stereocenters. The molecule has 1 aromatic carbocycles. The molecule has 4 aliphatic carbocycles. The van der Waals surface area contributed by atoms with E-state index in [9.17, 15) is 18.6 Å². The van der Waals surface area contributed by atoms with Crippen LogP contribution in [-0.2, 0) is 9.84 Å². The van der Waals surface area contributed by atoms with Gasteiger partial charge in [-0.05, 0) is 110 Å². The third kappa shape index (κ3) is 4.10. The summed E-state index contributed by atoms with van der Waals surface area (Å²) < 4.78 is 25.8. The van der Waals surface area contributed by atoms with Crippen LogP contribution in [0.4, 0.5) is 0 Å². The van der Waals surface area contributed by atoms with E-state index >= 15 is 0 Å². The molecule has 5 heteroatoms. The van der Waals surface area contributed by atoms with Crippen molar-refractivity contribution < 1.29 is 18.6 Å². The van der Waals surface area contributed by atoms with Crippen molar-refractivity contribution in [1.29, 1.82) is 0 Å². The molecule has 2 N–H and O–H groups in total. The molecule has 4 nitrogen and oxygen atoms in total. The van der Waals surface area contributed by atoms with Crippen molar-refractivity contribution in [1.82, 2.24) is 0 Å². The number of sulfone groups is 1. The maximum Gasteiger partial charge on any atom is 0.178 e. The lowest BCUT2D eigenvalue weighted by molar-refractivity contribution is -0.177. The normalized spacial score (nSPS) is 44.8. The molecule has 0 bridgehead atoms. The molecular formula is C28H44O4S. The molecule has 0 amide bonds. The van der Waals surface area contributed by atoms with E-state index in [0.717, 1.165) is 38.5 Å². The quantitative estimate of drug-likeness (QED) is 0.604. The molecule has 9 atom stereocenters. The summed E-state index contributed by atoms with van der Waals surface area (Å²) in [5, 5.41) is 21.8. The van der Waals surface area contributed by atoms with E-state index < -0.39 is 9.84 Å². The number of rotatable bonds is 4. The van der Waals surface area contributed by atoms with Crippen molar-refractivity contribution in [3.05, 3.63) is 30.3 Å². The fraction of sp³-hybridized carbons (Fsp3) is 0.786. The summed E-state index contributed by atoms with van der Waals surface area (Å²) >= 11 is 0. The first-order chi connectivity index (χ1) is 15.1. The lowest BCUT2D eigenvalue weighted by atomic mass is 9.44. The van der Waals surface area contributed by atoms with Crippen molar-refractivity contribution in [2.75, 3.05) is 5.75 Å². The molecule has 0 aliphatic heterocycles. The molecular weight excluding hydrogens is 432 g/mol. The summed E-state index contributed by atoms with van der Waals surface area (Å²) in [5.74, 6) is 2.55. The fourth-order valence-corrected chi connectivity index (χ4v) is 10.4. The smallest absolute Gasteiger partial charge is 0.178 e. The van der Waals surface area contributed by atoms with Crippen LogP contribution in [0.15, 0.2) is 35.2 Å². The molecule has 5 rings (SSSR count). The molecule has 4 saturated carbocycles.